The molecule has 0 fully saturated rings. The second-order valence-electron chi connectivity index (χ2n) is 6.58. The van der Waals surface area contributed by atoms with Crippen LogP contribution in [0.25, 0.3) is 0 Å². The summed E-state index contributed by atoms with van der Waals surface area (Å²) >= 11 is 1.68. The van der Waals surface area contributed by atoms with E-state index in [9.17, 15) is 9.59 Å². The molecule has 0 saturated carbocycles. The number of hydrogen-bond donors (Lipinski definition) is 1. The lowest BCUT2D eigenvalue weighted by Crippen LogP contribution is -2.43. The third kappa shape index (κ3) is 4.09. The number of carbonyl (C=O) groups is 2. The Bertz CT molecular complexity index is 941. The maximum atomic E-state index is 12.8. The average Bonchev–Trinajstić information content (AvgIpc) is 3.40. The Morgan fingerprint density at radius 3 is 2.96 bits per heavy atom. The van der Waals surface area contributed by atoms with Crippen LogP contribution < -0.4 is 5.32 Å². The van der Waals surface area contributed by atoms with Crippen LogP contribution in [0.2, 0.25) is 0 Å². The van der Waals surface area contributed by atoms with E-state index in [0.717, 1.165) is 12.1 Å². The van der Waals surface area contributed by atoms with Gasteiger partial charge in [0.25, 0.3) is 5.91 Å². The van der Waals surface area contributed by atoms with Gasteiger partial charge in [0.1, 0.15) is 5.69 Å². The lowest BCUT2D eigenvalue weighted by molar-refractivity contribution is -0.122. The van der Waals surface area contributed by atoms with Gasteiger partial charge in [-0.25, -0.2) is 4.98 Å². The van der Waals surface area contributed by atoms with Crippen LogP contribution in [0.4, 0.5) is 0 Å². The first kappa shape index (κ1) is 18.3. The minimum Gasteiger partial charge on any atom is -0.356 e. The van der Waals surface area contributed by atoms with Crippen molar-refractivity contribution < 1.29 is 9.59 Å². The Labute approximate surface area is 166 Å². The Kier molecular flexibility index (Phi) is 5.43. The molecular formula is C19H20N6O2S. The monoisotopic (exact) mass is 396 g/mol. The van der Waals surface area contributed by atoms with Crippen LogP contribution in [0.3, 0.4) is 0 Å². The summed E-state index contributed by atoms with van der Waals surface area (Å²) in [6.45, 7) is 1.44. The predicted octanol–water partition coefficient (Wildman–Crippen LogP) is 1.68. The van der Waals surface area contributed by atoms with Crippen molar-refractivity contribution in [2.24, 2.45) is 0 Å². The van der Waals surface area contributed by atoms with Gasteiger partial charge in [0.2, 0.25) is 5.91 Å². The van der Waals surface area contributed by atoms with Crippen molar-refractivity contribution in [3.8, 4) is 0 Å². The van der Waals surface area contributed by atoms with Gasteiger partial charge in [0.15, 0.2) is 0 Å². The molecule has 0 spiro atoms. The molecule has 144 valence electrons. The second-order valence-corrected chi connectivity index (χ2v) is 7.61. The number of aromatic nitrogens is 4. The highest BCUT2D eigenvalue weighted by Gasteiger charge is 2.30. The summed E-state index contributed by atoms with van der Waals surface area (Å²) in [6.07, 6.45) is 7.28. The molecule has 0 saturated heterocycles. The molecule has 1 aliphatic heterocycles. The van der Waals surface area contributed by atoms with Crippen LogP contribution in [0.1, 0.15) is 33.5 Å². The van der Waals surface area contributed by atoms with Gasteiger partial charge < -0.3 is 10.2 Å². The zero-order chi connectivity index (χ0) is 19.3. The minimum absolute atomic E-state index is 0.0446. The molecule has 3 aromatic heterocycles. The van der Waals surface area contributed by atoms with Gasteiger partial charge in [-0.15, -0.1) is 11.3 Å². The van der Waals surface area contributed by atoms with Crippen LogP contribution in [0, 0.1) is 0 Å². The summed E-state index contributed by atoms with van der Waals surface area (Å²) < 4.78 is 1.85. The van der Waals surface area contributed by atoms with Gasteiger partial charge >= 0.3 is 0 Å². The van der Waals surface area contributed by atoms with E-state index in [2.05, 4.69) is 26.4 Å². The molecule has 28 heavy (non-hydrogen) atoms. The van der Waals surface area contributed by atoms with Crippen molar-refractivity contribution in [3.05, 3.63) is 64.6 Å². The van der Waals surface area contributed by atoms with Crippen LogP contribution >= 0.6 is 11.3 Å². The maximum absolute atomic E-state index is 12.8. The SMILES string of the molecule is O=C(CC1CN(C(=O)c2cnccn2)Cc2ccnn21)NCCc1cccs1. The Morgan fingerprint density at radius 2 is 2.18 bits per heavy atom. The number of thiophene rings is 1. The van der Waals surface area contributed by atoms with Crippen LogP contribution in [-0.2, 0) is 17.8 Å². The summed E-state index contributed by atoms with van der Waals surface area (Å²) in [4.78, 5) is 36.2. The minimum atomic E-state index is -0.207. The number of hydrogen-bond acceptors (Lipinski definition) is 6. The topological polar surface area (TPSA) is 93.0 Å². The molecule has 0 aliphatic carbocycles. The van der Waals surface area contributed by atoms with Gasteiger partial charge in [0, 0.05) is 36.6 Å². The van der Waals surface area contributed by atoms with E-state index < -0.39 is 0 Å². The normalized spacial score (nSPS) is 15.9. The van der Waals surface area contributed by atoms with Crippen molar-refractivity contribution in [3.63, 3.8) is 0 Å². The van der Waals surface area contributed by atoms with Crippen LogP contribution in [0.15, 0.2) is 48.4 Å². The highest BCUT2D eigenvalue weighted by Crippen LogP contribution is 2.24. The highest BCUT2D eigenvalue weighted by molar-refractivity contribution is 7.09. The first-order valence-electron chi connectivity index (χ1n) is 9.07. The zero-order valence-corrected chi connectivity index (χ0v) is 16.0. The molecule has 4 rings (SSSR count). The number of nitrogens with zero attached hydrogens (tertiary/aromatic N) is 5. The second kappa shape index (κ2) is 8.30. The molecule has 1 unspecified atom stereocenters. The lowest BCUT2D eigenvalue weighted by atomic mass is 10.1. The number of rotatable bonds is 6. The van der Waals surface area contributed by atoms with Crippen molar-refractivity contribution in [1.82, 2.24) is 30.0 Å². The van der Waals surface area contributed by atoms with Gasteiger partial charge in [0.05, 0.1) is 30.9 Å². The lowest BCUT2D eigenvalue weighted by Gasteiger charge is -2.33. The zero-order valence-electron chi connectivity index (χ0n) is 15.2. The highest BCUT2D eigenvalue weighted by atomic mass is 32.1. The molecule has 8 nitrogen and oxygen atoms in total. The Morgan fingerprint density at radius 1 is 1.25 bits per heavy atom. The Hall–Kier alpha value is -3.07. The summed E-state index contributed by atoms with van der Waals surface area (Å²) in [7, 11) is 0. The van der Waals surface area contributed by atoms with Gasteiger partial charge in [-0.3, -0.25) is 19.3 Å². The van der Waals surface area contributed by atoms with E-state index in [-0.39, 0.29) is 24.3 Å². The molecule has 0 aromatic carbocycles. The van der Waals surface area contributed by atoms with Crippen molar-refractivity contribution >= 4 is 23.2 Å². The van der Waals surface area contributed by atoms with E-state index in [0.29, 0.717) is 25.3 Å². The van der Waals surface area contributed by atoms with Crippen LogP contribution in [0.5, 0.6) is 0 Å². The fraction of sp³-hybridized carbons (Fsp3) is 0.316. The summed E-state index contributed by atoms with van der Waals surface area (Å²) in [5.74, 6) is -0.236. The molecule has 9 heteroatoms. The molecule has 3 aromatic rings. The predicted molar refractivity (Wildman–Crippen MR) is 104 cm³/mol. The summed E-state index contributed by atoms with van der Waals surface area (Å²) in [5, 5.41) is 9.35. The van der Waals surface area contributed by atoms with Gasteiger partial charge in [-0.05, 0) is 23.9 Å². The van der Waals surface area contributed by atoms with Crippen molar-refractivity contribution in [1.29, 1.82) is 0 Å². The molecule has 1 atom stereocenters. The Balaban J connectivity index is 1.40. The number of nitrogens with one attached hydrogen (secondary N) is 1. The fourth-order valence-electron chi connectivity index (χ4n) is 3.33. The molecular weight excluding hydrogens is 376 g/mol. The smallest absolute Gasteiger partial charge is 0.274 e. The quantitative estimate of drug-likeness (QED) is 0.684. The fourth-order valence-corrected chi connectivity index (χ4v) is 4.04. The summed E-state index contributed by atoms with van der Waals surface area (Å²) in [5.41, 5.74) is 1.20. The maximum Gasteiger partial charge on any atom is 0.274 e. The third-order valence-corrected chi connectivity index (χ3v) is 5.58. The van der Waals surface area contributed by atoms with E-state index >= 15 is 0 Å². The van der Waals surface area contributed by atoms with Gasteiger partial charge in [-0.2, -0.15) is 5.10 Å². The standard InChI is InChI=1S/C19H20N6O2S/c26-18(22-5-4-16-2-1-9-28-16)10-15-13-24(12-14-3-6-23-25(14)15)19(27)17-11-20-7-8-21-17/h1-3,6-9,11,15H,4-5,10,12-13H2,(H,22,26). The number of carbonyl (C=O) groups excluding carboxylic acids is 2. The largest absolute Gasteiger partial charge is 0.356 e. The molecule has 4 heterocycles. The molecule has 2 amide bonds. The van der Waals surface area contributed by atoms with E-state index in [1.807, 2.05) is 22.2 Å². The van der Waals surface area contributed by atoms with E-state index in [4.69, 9.17) is 0 Å². The van der Waals surface area contributed by atoms with Gasteiger partial charge in [-0.1, -0.05) is 6.07 Å². The molecule has 1 aliphatic rings. The van der Waals surface area contributed by atoms with E-state index in [1.165, 1.54) is 23.5 Å². The molecule has 0 bridgehead atoms. The first-order valence-corrected chi connectivity index (χ1v) is 9.95. The van der Waals surface area contributed by atoms with E-state index in [1.54, 1.807) is 22.4 Å². The van der Waals surface area contributed by atoms with Crippen LogP contribution in [-0.4, -0.2) is 49.6 Å². The average molecular weight is 396 g/mol. The molecule has 1 N–H and O–H groups in total. The first-order chi connectivity index (χ1) is 13.7. The van der Waals surface area contributed by atoms with Crippen molar-refractivity contribution in [2.75, 3.05) is 13.1 Å². The summed E-state index contributed by atoms with van der Waals surface area (Å²) in [6, 6.07) is 5.73. The number of amides is 2. The molecule has 0 radical (unpaired) electrons. The van der Waals surface area contributed by atoms with Crippen molar-refractivity contribution in [2.45, 2.75) is 25.4 Å². The third-order valence-electron chi connectivity index (χ3n) is 4.65. The number of fused-ring (bicyclic) bond motifs is 1.